The standard InChI is InChI=1S/C12H18NOP.ClH/c1-15(2,14)11-5-3-4-9(6-11)12-7-10(12)8-13;/h3-6,10,12H,7-8,13H2,1-2H3;1H. The van der Waals surface area contributed by atoms with Crippen LogP contribution in [0.5, 0.6) is 0 Å². The molecule has 1 aliphatic rings. The van der Waals surface area contributed by atoms with Crippen molar-refractivity contribution in [2.75, 3.05) is 19.9 Å². The van der Waals surface area contributed by atoms with E-state index in [4.69, 9.17) is 5.73 Å². The van der Waals surface area contributed by atoms with Crippen molar-refractivity contribution in [1.29, 1.82) is 0 Å². The highest BCUT2D eigenvalue weighted by molar-refractivity contribution is 7.70. The Hall–Kier alpha value is -0.300. The molecule has 0 saturated heterocycles. The summed E-state index contributed by atoms with van der Waals surface area (Å²) in [5, 5.41) is 0.989. The molecule has 2 N–H and O–H groups in total. The van der Waals surface area contributed by atoms with E-state index in [0.717, 1.165) is 11.8 Å². The van der Waals surface area contributed by atoms with Crippen LogP contribution in [-0.4, -0.2) is 19.9 Å². The molecule has 1 aliphatic carbocycles. The molecular formula is C12H19ClNOP. The summed E-state index contributed by atoms with van der Waals surface area (Å²) in [6.07, 6.45) is 1.19. The minimum Gasteiger partial charge on any atom is -0.330 e. The summed E-state index contributed by atoms with van der Waals surface area (Å²) in [5.41, 5.74) is 6.94. The lowest BCUT2D eigenvalue weighted by atomic mass is 10.1. The van der Waals surface area contributed by atoms with Gasteiger partial charge in [-0.1, -0.05) is 18.2 Å². The van der Waals surface area contributed by atoms with E-state index in [2.05, 4.69) is 12.1 Å². The van der Waals surface area contributed by atoms with Gasteiger partial charge in [-0.3, -0.25) is 0 Å². The number of benzene rings is 1. The van der Waals surface area contributed by atoms with E-state index in [1.54, 1.807) is 0 Å². The first-order valence-electron chi connectivity index (χ1n) is 5.38. The molecule has 0 heterocycles. The topological polar surface area (TPSA) is 43.1 Å². The Morgan fingerprint density at radius 1 is 1.44 bits per heavy atom. The Bertz CT molecular complexity index is 415. The fourth-order valence-electron chi connectivity index (χ4n) is 2.01. The molecule has 90 valence electrons. The van der Waals surface area contributed by atoms with Crippen LogP contribution in [0.3, 0.4) is 0 Å². The quantitative estimate of drug-likeness (QED) is 0.847. The summed E-state index contributed by atoms with van der Waals surface area (Å²) in [4.78, 5) is 0. The van der Waals surface area contributed by atoms with E-state index in [9.17, 15) is 4.57 Å². The summed E-state index contributed by atoms with van der Waals surface area (Å²) < 4.78 is 11.9. The summed E-state index contributed by atoms with van der Waals surface area (Å²) in [7, 11) is -2.12. The third-order valence-corrected chi connectivity index (χ3v) is 4.67. The van der Waals surface area contributed by atoms with Crippen LogP contribution in [-0.2, 0) is 4.57 Å². The van der Waals surface area contributed by atoms with E-state index in [-0.39, 0.29) is 12.4 Å². The van der Waals surface area contributed by atoms with Gasteiger partial charge < -0.3 is 10.3 Å². The van der Waals surface area contributed by atoms with E-state index < -0.39 is 7.14 Å². The molecule has 2 unspecified atom stereocenters. The SMILES string of the molecule is CP(C)(=O)c1cccc(C2CC2CN)c1.Cl. The van der Waals surface area contributed by atoms with Gasteiger partial charge in [0, 0.05) is 5.30 Å². The van der Waals surface area contributed by atoms with Crippen molar-refractivity contribution in [3.8, 4) is 0 Å². The van der Waals surface area contributed by atoms with Gasteiger partial charge in [0.2, 0.25) is 0 Å². The number of halogens is 1. The largest absolute Gasteiger partial charge is 0.330 e. The minimum atomic E-state index is -2.12. The van der Waals surface area contributed by atoms with E-state index in [1.807, 2.05) is 25.5 Å². The van der Waals surface area contributed by atoms with Gasteiger partial charge in [-0.05, 0) is 49.8 Å². The molecule has 0 bridgehead atoms. The van der Waals surface area contributed by atoms with Crippen molar-refractivity contribution in [2.45, 2.75) is 12.3 Å². The molecule has 1 fully saturated rings. The Balaban J connectivity index is 0.00000128. The molecule has 2 atom stereocenters. The zero-order valence-corrected chi connectivity index (χ0v) is 11.4. The molecule has 4 heteroatoms. The average Bonchev–Trinajstić information content (AvgIpc) is 2.95. The van der Waals surface area contributed by atoms with Crippen molar-refractivity contribution < 1.29 is 4.57 Å². The van der Waals surface area contributed by atoms with E-state index in [0.29, 0.717) is 11.8 Å². The van der Waals surface area contributed by atoms with Gasteiger partial charge in [-0.2, -0.15) is 0 Å². The van der Waals surface area contributed by atoms with Gasteiger partial charge in [-0.25, -0.2) is 0 Å². The predicted molar refractivity (Wildman–Crippen MR) is 72.7 cm³/mol. The zero-order chi connectivity index (χ0) is 11.1. The molecule has 0 amide bonds. The highest BCUT2D eigenvalue weighted by Gasteiger charge is 2.37. The minimum absolute atomic E-state index is 0. The van der Waals surface area contributed by atoms with Gasteiger partial charge in [0.05, 0.1) is 0 Å². The van der Waals surface area contributed by atoms with Gasteiger partial charge >= 0.3 is 0 Å². The third kappa shape index (κ3) is 2.88. The van der Waals surface area contributed by atoms with Crippen LogP contribution in [0, 0.1) is 5.92 Å². The van der Waals surface area contributed by atoms with Crippen molar-refractivity contribution in [3.63, 3.8) is 0 Å². The van der Waals surface area contributed by atoms with Crippen LogP contribution in [0.4, 0.5) is 0 Å². The van der Waals surface area contributed by atoms with Crippen LogP contribution in [0.15, 0.2) is 24.3 Å². The lowest BCUT2D eigenvalue weighted by Crippen LogP contribution is -2.05. The van der Waals surface area contributed by atoms with Crippen LogP contribution in [0.2, 0.25) is 0 Å². The van der Waals surface area contributed by atoms with Gasteiger partial charge in [0.15, 0.2) is 0 Å². The highest BCUT2D eigenvalue weighted by atomic mass is 35.5. The zero-order valence-electron chi connectivity index (χ0n) is 9.72. The second kappa shape index (κ2) is 4.91. The van der Waals surface area contributed by atoms with Crippen molar-refractivity contribution in [3.05, 3.63) is 29.8 Å². The molecule has 2 rings (SSSR count). The maximum Gasteiger partial charge on any atom is 0.109 e. The van der Waals surface area contributed by atoms with Crippen LogP contribution >= 0.6 is 19.5 Å². The molecule has 1 aromatic carbocycles. The Labute approximate surface area is 103 Å². The third-order valence-electron chi connectivity index (χ3n) is 3.15. The molecule has 0 aliphatic heterocycles. The number of hydrogen-bond acceptors (Lipinski definition) is 2. The van der Waals surface area contributed by atoms with Crippen molar-refractivity contribution >= 4 is 24.9 Å². The Kier molecular flexibility index (Phi) is 4.23. The van der Waals surface area contributed by atoms with Crippen LogP contribution in [0.1, 0.15) is 17.9 Å². The molecule has 1 aromatic rings. The van der Waals surface area contributed by atoms with Gasteiger partial charge in [0.25, 0.3) is 0 Å². The number of hydrogen-bond donors (Lipinski definition) is 1. The molecule has 2 nitrogen and oxygen atoms in total. The van der Waals surface area contributed by atoms with Gasteiger partial charge in [0.1, 0.15) is 7.14 Å². The molecule has 16 heavy (non-hydrogen) atoms. The first-order chi connectivity index (χ1) is 7.02. The highest BCUT2D eigenvalue weighted by Crippen LogP contribution is 2.47. The summed E-state index contributed by atoms with van der Waals surface area (Å²) in [6, 6.07) is 8.20. The Morgan fingerprint density at radius 2 is 2.12 bits per heavy atom. The van der Waals surface area contributed by atoms with Crippen LogP contribution < -0.4 is 11.0 Å². The van der Waals surface area contributed by atoms with Crippen molar-refractivity contribution in [2.24, 2.45) is 11.7 Å². The summed E-state index contributed by atoms with van der Waals surface area (Å²) in [5.74, 6) is 1.26. The lowest BCUT2D eigenvalue weighted by molar-refractivity contribution is 0.588. The first-order valence-corrected chi connectivity index (χ1v) is 7.98. The first kappa shape index (κ1) is 13.8. The molecule has 1 saturated carbocycles. The maximum absolute atomic E-state index is 11.9. The average molecular weight is 260 g/mol. The normalized spacial score (nSPS) is 23.7. The molecule has 0 spiro atoms. The predicted octanol–water partition coefficient (Wildman–Crippen LogP) is 2.42. The lowest BCUT2D eigenvalue weighted by Gasteiger charge is -2.08. The van der Waals surface area contributed by atoms with Crippen molar-refractivity contribution in [1.82, 2.24) is 0 Å². The van der Waals surface area contributed by atoms with Crippen LogP contribution in [0.25, 0.3) is 0 Å². The molecular weight excluding hydrogens is 241 g/mol. The summed E-state index contributed by atoms with van der Waals surface area (Å²) in [6.45, 7) is 4.41. The summed E-state index contributed by atoms with van der Waals surface area (Å²) >= 11 is 0. The smallest absolute Gasteiger partial charge is 0.109 e. The van der Waals surface area contributed by atoms with E-state index in [1.165, 1.54) is 12.0 Å². The fourth-order valence-corrected chi connectivity index (χ4v) is 2.91. The van der Waals surface area contributed by atoms with Gasteiger partial charge in [-0.15, -0.1) is 12.4 Å². The molecule has 0 radical (unpaired) electrons. The molecule has 0 aromatic heterocycles. The monoisotopic (exact) mass is 259 g/mol. The second-order valence-corrected chi connectivity index (χ2v) is 8.00. The number of nitrogens with two attached hydrogens (primary N) is 1. The number of rotatable bonds is 3. The Morgan fingerprint density at radius 3 is 2.62 bits per heavy atom. The van der Waals surface area contributed by atoms with E-state index >= 15 is 0 Å². The second-order valence-electron chi connectivity index (χ2n) is 4.78. The maximum atomic E-state index is 11.9. The fraction of sp³-hybridized carbons (Fsp3) is 0.500.